The van der Waals surface area contributed by atoms with E-state index in [-0.39, 0.29) is 29.4 Å². The monoisotopic (exact) mass is 470 g/mol. The fraction of sp³-hybridized carbons (Fsp3) is 0.650. The van der Waals surface area contributed by atoms with E-state index in [2.05, 4.69) is 39.6 Å². The highest BCUT2D eigenvalue weighted by atomic mass is 127. The van der Waals surface area contributed by atoms with Gasteiger partial charge in [-0.1, -0.05) is 25.1 Å². The van der Waals surface area contributed by atoms with E-state index in [1.807, 2.05) is 19.2 Å². The lowest BCUT2D eigenvalue weighted by atomic mass is 9.96. The second kappa shape index (κ2) is 7.92. The quantitative estimate of drug-likeness (QED) is 0.395. The fourth-order valence-corrected chi connectivity index (χ4v) is 4.20. The molecule has 3 aliphatic rings. The van der Waals surface area contributed by atoms with Crippen LogP contribution in [0.15, 0.2) is 29.3 Å². The van der Waals surface area contributed by atoms with Crippen LogP contribution in [-0.2, 0) is 5.41 Å². The Morgan fingerprint density at radius 2 is 2.00 bits per heavy atom. The molecule has 2 aliphatic carbocycles. The molecule has 1 aromatic carbocycles. The number of ether oxygens (including phenoxy) is 1. The predicted molar refractivity (Wildman–Crippen MR) is 117 cm³/mol. The molecule has 0 radical (unpaired) electrons. The molecule has 0 aromatic heterocycles. The molecule has 2 N–H and O–H groups in total. The lowest BCUT2D eigenvalue weighted by Gasteiger charge is -2.21. The topological polar surface area (TPSA) is 48.9 Å². The third-order valence-electron chi connectivity index (χ3n) is 6.12. The number of aliphatic imine (C=N–C) groups is 1. The van der Waals surface area contributed by atoms with Crippen molar-refractivity contribution in [2.24, 2.45) is 4.99 Å². The van der Waals surface area contributed by atoms with Crippen LogP contribution in [0.1, 0.15) is 38.2 Å². The van der Waals surface area contributed by atoms with Crippen LogP contribution < -0.4 is 15.4 Å². The molecule has 4 rings (SSSR count). The molecule has 6 heteroatoms. The van der Waals surface area contributed by atoms with Gasteiger partial charge in [0.05, 0.1) is 7.11 Å². The molecule has 3 atom stereocenters. The first-order valence-electron chi connectivity index (χ1n) is 9.51. The second-order valence-electron chi connectivity index (χ2n) is 7.95. The Bertz CT molecular complexity index is 663. The van der Waals surface area contributed by atoms with Crippen molar-refractivity contribution in [3.05, 3.63) is 29.8 Å². The maximum Gasteiger partial charge on any atom is 0.191 e. The molecular weight excluding hydrogens is 439 g/mol. The van der Waals surface area contributed by atoms with Gasteiger partial charge in [0.2, 0.25) is 0 Å². The molecule has 3 unspecified atom stereocenters. The van der Waals surface area contributed by atoms with Crippen molar-refractivity contribution in [3.8, 4) is 5.75 Å². The lowest BCUT2D eigenvalue weighted by molar-refractivity contribution is 0.321. The van der Waals surface area contributed by atoms with Crippen LogP contribution in [0.3, 0.4) is 0 Å². The molecule has 1 saturated heterocycles. The molecule has 0 spiro atoms. The smallest absolute Gasteiger partial charge is 0.191 e. The second-order valence-corrected chi connectivity index (χ2v) is 7.95. The SMILES string of the molecule is CN=C(NC1CCN(C2CC2)C1)NC1CC1(C)c1ccccc1OC.I. The summed E-state index contributed by atoms with van der Waals surface area (Å²) in [5.41, 5.74) is 1.39. The Morgan fingerprint density at radius 3 is 2.69 bits per heavy atom. The van der Waals surface area contributed by atoms with Gasteiger partial charge in [-0.2, -0.15) is 0 Å². The minimum atomic E-state index is 0. The van der Waals surface area contributed by atoms with Gasteiger partial charge < -0.3 is 15.4 Å². The summed E-state index contributed by atoms with van der Waals surface area (Å²) >= 11 is 0. The maximum atomic E-state index is 5.56. The summed E-state index contributed by atoms with van der Waals surface area (Å²) < 4.78 is 5.56. The standard InChI is InChI=1S/C20H30N4O.HI/c1-20(16-6-4-5-7-17(16)25-3)12-18(20)23-19(21-2)22-14-10-11-24(13-14)15-8-9-15;/h4-7,14-15,18H,8-13H2,1-3H3,(H2,21,22,23);1H. The van der Waals surface area contributed by atoms with E-state index in [1.165, 1.54) is 31.4 Å². The Labute approximate surface area is 174 Å². The molecule has 1 heterocycles. The van der Waals surface area contributed by atoms with Crippen molar-refractivity contribution in [2.75, 3.05) is 27.2 Å². The highest BCUT2D eigenvalue weighted by Gasteiger charge is 2.53. The first-order valence-corrected chi connectivity index (χ1v) is 9.51. The summed E-state index contributed by atoms with van der Waals surface area (Å²) in [7, 11) is 3.62. The number of methoxy groups -OCH3 is 1. The van der Waals surface area contributed by atoms with Gasteiger partial charge in [-0.25, -0.2) is 0 Å². The highest BCUT2D eigenvalue weighted by Crippen LogP contribution is 2.50. The third kappa shape index (κ3) is 3.96. The fourth-order valence-electron chi connectivity index (χ4n) is 4.20. The lowest BCUT2D eigenvalue weighted by Crippen LogP contribution is -2.46. The van der Waals surface area contributed by atoms with Crippen molar-refractivity contribution >= 4 is 29.9 Å². The van der Waals surface area contributed by atoms with Crippen LogP contribution in [-0.4, -0.2) is 56.2 Å². The number of guanidine groups is 1. The normalized spacial score (nSPS) is 31.3. The number of rotatable bonds is 5. The largest absolute Gasteiger partial charge is 0.496 e. The van der Waals surface area contributed by atoms with Gasteiger partial charge in [0.25, 0.3) is 0 Å². The number of nitrogens with one attached hydrogen (secondary N) is 2. The van der Waals surface area contributed by atoms with Gasteiger partial charge in [0.15, 0.2) is 5.96 Å². The number of likely N-dealkylation sites (tertiary alicyclic amines) is 1. The van der Waals surface area contributed by atoms with Gasteiger partial charge in [0, 0.05) is 49.2 Å². The first kappa shape index (κ1) is 19.7. The zero-order valence-corrected chi connectivity index (χ0v) is 18.3. The van der Waals surface area contributed by atoms with Crippen LogP contribution in [0, 0.1) is 0 Å². The Kier molecular flexibility index (Phi) is 6.01. The first-order chi connectivity index (χ1) is 12.1. The van der Waals surface area contributed by atoms with Crippen molar-refractivity contribution in [1.82, 2.24) is 15.5 Å². The molecule has 1 aromatic rings. The summed E-state index contributed by atoms with van der Waals surface area (Å²) in [5.74, 6) is 1.92. The minimum Gasteiger partial charge on any atom is -0.496 e. The molecule has 2 saturated carbocycles. The molecule has 1 aliphatic heterocycles. The van der Waals surface area contributed by atoms with Gasteiger partial charge in [0.1, 0.15) is 5.75 Å². The Morgan fingerprint density at radius 1 is 1.23 bits per heavy atom. The van der Waals surface area contributed by atoms with E-state index in [0.29, 0.717) is 12.1 Å². The summed E-state index contributed by atoms with van der Waals surface area (Å²) in [4.78, 5) is 7.09. The van der Waals surface area contributed by atoms with Crippen LogP contribution in [0.5, 0.6) is 5.75 Å². The molecule has 0 bridgehead atoms. The van der Waals surface area contributed by atoms with E-state index in [9.17, 15) is 0 Å². The number of nitrogens with zero attached hydrogens (tertiary/aromatic N) is 2. The minimum absolute atomic E-state index is 0. The van der Waals surface area contributed by atoms with E-state index in [0.717, 1.165) is 30.7 Å². The molecular formula is C20H31IN4O. The van der Waals surface area contributed by atoms with Crippen LogP contribution in [0.25, 0.3) is 0 Å². The average molecular weight is 470 g/mol. The Hall–Kier alpha value is -1.02. The van der Waals surface area contributed by atoms with Crippen LogP contribution in [0.2, 0.25) is 0 Å². The zero-order chi connectivity index (χ0) is 17.4. The number of para-hydroxylation sites is 1. The molecule has 3 fully saturated rings. The van der Waals surface area contributed by atoms with Crippen molar-refractivity contribution in [1.29, 1.82) is 0 Å². The predicted octanol–water partition coefficient (Wildman–Crippen LogP) is 2.74. The summed E-state index contributed by atoms with van der Waals surface area (Å²) in [6, 6.07) is 10.1. The summed E-state index contributed by atoms with van der Waals surface area (Å²) in [6.45, 7) is 4.68. The van der Waals surface area contributed by atoms with Crippen molar-refractivity contribution in [2.45, 2.75) is 56.1 Å². The number of benzene rings is 1. The third-order valence-corrected chi connectivity index (χ3v) is 6.12. The van der Waals surface area contributed by atoms with Gasteiger partial charge in [-0.3, -0.25) is 9.89 Å². The van der Waals surface area contributed by atoms with E-state index < -0.39 is 0 Å². The van der Waals surface area contributed by atoms with E-state index in [4.69, 9.17) is 4.74 Å². The van der Waals surface area contributed by atoms with Crippen molar-refractivity contribution < 1.29 is 4.74 Å². The highest BCUT2D eigenvalue weighted by molar-refractivity contribution is 14.0. The molecule has 26 heavy (non-hydrogen) atoms. The number of hydrogen-bond donors (Lipinski definition) is 2. The Balaban J connectivity index is 0.00000196. The van der Waals surface area contributed by atoms with Gasteiger partial charge in [-0.15, -0.1) is 24.0 Å². The summed E-state index contributed by atoms with van der Waals surface area (Å²) in [6.07, 6.45) is 5.09. The molecule has 144 valence electrons. The zero-order valence-electron chi connectivity index (χ0n) is 16.0. The van der Waals surface area contributed by atoms with Gasteiger partial charge in [-0.05, 0) is 31.7 Å². The van der Waals surface area contributed by atoms with Gasteiger partial charge >= 0.3 is 0 Å². The summed E-state index contributed by atoms with van der Waals surface area (Å²) in [5, 5.41) is 7.27. The molecule has 0 amide bonds. The number of hydrogen-bond acceptors (Lipinski definition) is 3. The molecule has 5 nitrogen and oxygen atoms in total. The average Bonchev–Trinajstić information content (AvgIpc) is 3.54. The maximum absolute atomic E-state index is 5.56. The van der Waals surface area contributed by atoms with E-state index >= 15 is 0 Å². The van der Waals surface area contributed by atoms with E-state index in [1.54, 1.807) is 7.11 Å². The van der Waals surface area contributed by atoms with Crippen molar-refractivity contribution in [3.63, 3.8) is 0 Å². The van der Waals surface area contributed by atoms with Crippen LogP contribution in [0.4, 0.5) is 0 Å². The number of halogens is 1. The van der Waals surface area contributed by atoms with Crippen LogP contribution >= 0.6 is 24.0 Å².